The summed E-state index contributed by atoms with van der Waals surface area (Å²) in [5, 5.41) is 0. The molecule has 0 heterocycles. The topological polar surface area (TPSA) is 35.2 Å². The third-order valence-corrected chi connectivity index (χ3v) is 2.46. The van der Waals surface area contributed by atoms with Crippen molar-refractivity contribution in [3.8, 4) is 5.75 Å². The average Bonchev–Trinajstić information content (AvgIpc) is 2.18. The Labute approximate surface area is 79.7 Å². The summed E-state index contributed by atoms with van der Waals surface area (Å²) >= 11 is 0. The van der Waals surface area contributed by atoms with E-state index in [-0.39, 0.29) is 5.54 Å². The molecular formula is C11H17NO. The number of benzene rings is 1. The molecular weight excluding hydrogens is 162 g/mol. The Morgan fingerprint density at radius 3 is 2.54 bits per heavy atom. The van der Waals surface area contributed by atoms with Crippen LogP contribution in [0.1, 0.15) is 25.8 Å². The maximum Gasteiger partial charge on any atom is 0.123 e. The van der Waals surface area contributed by atoms with Crippen LogP contribution in [0.3, 0.4) is 0 Å². The van der Waals surface area contributed by atoms with E-state index in [1.165, 1.54) is 0 Å². The molecule has 2 N–H and O–H groups in total. The molecule has 0 amide bonds. The number of hydrogen-bond donors (Lipinski definition) is 1. The van der Waals surface area contributed by atoms with Crippen LogP contribution in [0.15, 0.2) is 24.3 Å². The highest BCUT2D eigenvalue weighted by Gasteiger charge is 2.21. The van der Waals surface area contributed by atoms with Crippen molar-refractivity contribution in [1.82, 2.24) is 0 Å². The molecule has 1 rings (SSSR count). The van der Waals surface area contributed by atoms with Crippen LogP contribution in [0, 0.1) is 0 Å². The summed E-state index contributed by atoms with van der Waals surface area (Å²) in [6, 6.07) is 7.89. The molecule has 0 bridgehead atoms. The molecule has 0 fully saturated rings. The Morgan fingerprint density at radius 1 is 1.38 bits per heavy atom. The summed E-state index contributed by atoms with van der Waals surface area (Å²) in [6.07, 6.45) is 0.896. The second kappa shape index (κ2) is 3.79. The van der Waals surface area contributed by atoms with Crippen molar-refractivity contribution in [3.63, 3.8) is 0 Å². The minimum absolute atomic E-state index is 0.299. The van der Waals surface area contributed by atoms with Crippen LogP contribution in [0.4, 0.5) is 0 Å². The molecule has 72 valence electrons. The van der Waals surface area contributed by atoms with Crippen molar-refractivity contribution < 1.29 is 4.74 Å². The van der Waals surface area contributed by atoms with Gasteiger partial charge in [-0.25, -0.2) is 0 Å². The summed E-state index contributed by atoms with van der Waals surface area (Å²) in [5.74, 6) is 0.870. The van der Waals surface area contributed by atoms with Crippen molar-refractivity contribution in [1.29, 1.82) is 0 Å². The van der Waals surface area contributed by atoms with E-state index in [1.807, 2.05) is 31.2 Å². The van der Waals surface area contributed by atoms with E-state index in [0.717, 1.165) is 17.7 Å². The molecule has 1 aromatic rings. The first-order chi connectivity index (χ1) is 6.11. The minimum Gasteiger partial charge on any atom is -0.496 e. The molecule has 13 heavy (non-hydrogen) atoms. The minimum atomic E-state index is -0.299. The number of rotatable bonds is 3. The van der Waals surface area contributed by atoms with Gasteiger partial charge in [0.25, 0.3) is 0 Å². The zero-order chi connectivity index (χ0) is 9.90. The van der Waals surface area contributed by atoms with Gasteiger partial charge in [-0.3, -0.25) is 0 Å². The fraction of sp³-hybridized carbons (Fsp3) is 0.455. The van der Waals surface area contributed by atoms with E-state index in [1.54, 1.807) is 7.11 Å². The second-order valence-corrected chi connectivity index (χ2v) is 3.47. The summed E-state index contributed by atoms with van der Waals surface area (Å²) < 4.78 is 5.25. The van der Waals surface area contributed by atoms with Crippen molar-refractivity contribution in [2.24, 2.45) is 5.73 Å². The lowest BCUT2D eigenvalue weighted by molar-refractivity contribution is 0.383. The van der Waals surface area contributed by atoms with Crippen LogP contribution in [0.5, 0.6) is 5.75 Å². The standard InChI is InChI=1S/C11H17NO/c1-4-11(2,12)9-7-5-6-8-10(9)13-3/h5-8H,4,12H2,1-3H3/t11-/m1/s1. The molecule has 1 aromatic carbocycles. The Morgan fingerprint density at radius 2 is 2.00 bits per heavy atom. The van der Waals surface area contributed by atoms with E-state index in [4.69, 9.17) is 10.5 Å². The molecule has 1 atom stereocenters. The Bertz CT molecular complexity index is 281. The lowest BCUT2D eigenvalue weighted by atomic mass is 9.90. The van der Waals surface area contributed by atoms with E-state index >= 15 is 0 Å². The van der Waals surface area contributed by atoms with Gasteiger partial charge >= 0.3 is 0 Å². The van der Waals surface area contributed by atoms with Crippen molar-refractivity contribution in [2.45, 2.75) is 25.8 Å². The Balaban J connectivity index is 3.12. The Hall–Kier alpha value is -1.02. The molecule has 0 saturated heterocycles. The number of ether oxygens (including phenoxy) is 1. The number of methoxy groups -OCH3 is 1. The third-order valence-electron chi connectivity index (χ3n) is 2.46. The fourth-order valence-corrected chi connectivity index (χ4v) is 1.31. The van der Waals surface area contributed by atoms with E-state index in [9.17, 15) is 0 Å². The maximum absolute atomic E-state index is 6.13. The average molecular weight is 179 g/mol. The zero-order valence-electron chi connectivity index (χ0n) is 8.50. The first-order valence-corrected chi connectivity index (χ1v) is 4.54. The van der Waals surface area contributed by atoms with Gasteiger partial charge in [0, 0.05) is 11.1 Å². The zero-order valence-corrected chi connectivity index (χ0v) is 8.50. The van der Waals surface area contributed by atoms with E-state index in [0.29, 0.717) is 0 Å². The fourth-order valence-electron chi connectivity index (χ4n) is 1.31. The molecule has 0 aromatic heterocycles. The predicted molar refractivity (Wildman–Crippen MR) is 54.8 cm³/mol. The molecule has 0 spiro atoms. The number of hydrogen-bond acceptors (Lipinski definition) is 2. The lowest BCUT2D eigenvalue weighted by Gasteiger charge is -2.25. The summed E-state index contributed by atoms with van der Waals surface area (Å²) in [7, 11) is 1.67. The summed E-state index contributed by atoms with van der Waals surface area (Å²) in [6.45, 7) is 4.09. The van der Waals surface area contributed by atoms with Crippen molar-refractivity contribution in [2.75, 3.05) is 7.11 Å². The summed E-state index contributed by atoms with van der Waals surface area (Å²) in [5.41, 5.74) is 6.90. The van der Waals surface area contributed by atoms with Gasteiger partial charge in [0.2, 0.25) is 0 Å². The van der Waals surface area contributed by atoms with E-state index in [2.05, 4.69) is 6.92 Å². The highest BCUT2D eigenvalue weighted by molar-refractivity contribution is 5.38. The van der Waals surface area contributed by atoms with Gasteiger partial charge < -0.3 is 10.5 Å². The van der Waals surface area contributed by atoms with E-state index < -0.39 is 0 Å². The number of para-hydroxylation sites is 1. The lowest BCUT2D eigenvalue weighted by Crippen LogP contribution is -2.32. The van der Waals surface area contributed by atoms with Crippen LogP contribution in [-0.2, 0) is 5.54 Å². The SMILES string of the molecule is CC[C@@](C)(N)c1ccccc1OC. The maximum atomic E-state index is 6.13. The molecule has 0 aliphatic rings. The van der Waals surface area contributed by atoms with Crippen molar-refractivity contribution >= 4 is 0 Å². The van der Waals surface area contributed by atoms with Gasteiger partial charge in [-0.05, 0) is 19.4 Å². The molecule has 0 aliphatic carbocycles. The molecule has 0 saturated carbocycles. The van der Waals surface area contributed by atoms with Gasteiger partial charge in [-0.2, -0.15) is 0 Å². The normalized spacial score (nSPS) is 15.1. The number of nitrogens with two attached hydrogens (primary N) is 1. The highest BCUT2D eigenvalue weighted by atomic mass is 16.5. The smallest absolute Gasteiger partial charge is 0.123 e. The van der Waals surface area contributed by atoms with Gasteiger partial charge in [0.15, 0.2) is 0 Å². The quantitative estimate of drug-likeness (QED) is 0.772. The monoisotopic (exact) mass is 179 g/mol. The van der Waals surface area contributed by atoms with Crippen LogP contribution in [0.2, 0.25) is 0 Å². The van der Waals surface area contributed by atoms with Crippen LogP contribution in [-0.4, -0.2) is 7.11 Å². The van der Waals surface area contributed by atoms with Gasteiger partial charge in [0.05, 0.1) is 7.11 Å². The van der Waals surface area contributed by atoms with Gasteiger partial charge in [-0.1, -0.05) is 25.1 Å². The molecule has 0 radical (unpaired) electrons. The first kappa shape index (κ1) is 10.1. The van der Waals surface area contributed by atoms with Crippen molar-refractivity contribution in [3.05, 3.63) is 29.8 Å². The second-order valence-electron chi connectivity index (χ2n) is 3.47. The molecule has 0 aliphatic heterocycles. The van der Waals surface area contributed by atoms with Crippen LogP contribution >= 0.6 is 0 Å². The highest BCUT2D eigenvalue weighted by Crippen LogP contribution is 2.29. The third kappa shape index (κ3) is 2.01. The molecule has 2 heteroatoms. The summed E-state index contributed by atoms with van der Waals surface area (Å²) in [4.78, 5) is 0. The predicted octanol–water partition coefficient (Wildman–Crippen LogP) is 2.28. The van der Waals surface area contributed by atoms with Gasteiger partial charge in [-0.15, -0.1) is 0 Å². The molecule has 2 nitrogen and oxygen atoms in total. The Kier molecular flexibility index (Phi) is 2.94. The molecule has 0 unspecified atom stereocenters. The largest absolute Gasteiger partial charge is 0.496 e. The van der Waals surface area contributed by atoms with Crippen LogP contribution in [0.25, 0.3) is 0 Å². The van der Waals surface area contributed by atoms with Crippen LogP contribution < -0.4 is 10.5 Å². The van der Waals surface area contributed by atoms with Gasteiger partial charge in [0.1, 0.15) is 5.75 Å². The first-order valence-electron chi connectivity index (χ1n) is 4.54.